The molecule has 3 unspecified atom stereocenters. The van der Waals surface area contributed by atoms with E-state index < -0.39 is 0 Å². The predicted octanol–water partition coefficient (Wildman–Crippen LogP) is 2.74. The van der Waals surface area contributed by atoms with Crippen LogP contribution < -0.4 is 5.32 Å². The minimum Gasteiger partial charge on any atom is -0.378 e. The normalized spacial score (nSPS) is 25.6. The van der Waals surface area contributed by atoms with Crippen molar-refractivity contribution in [1.29, 1.82) is 0 Å². The van der Waals surface area contributed by atoms with Gasteiger partial charge >= 0.3 is 0 Å². The number of nitrogens with one attached hydrogen (secondary N) is 1. The number of ether oxygens (including phenoxy) is 1. The van der Waals surface area contributed by atoms with Crippen molar-refractivity contribution in [3.8, 4) is 0 Å². The molecule has 0 bridgehead atoms. The molecule has 2 heterocycles. The van der Waals surface area contributed by atoms with Gasteiger partial charge in [-0.25, -0.2) is 0 Å². The van der Waals surface area contributed by atoms with Crippen LogP contribution in [0, 0.1) is 5.92 Å². The fraction of sp³-hybridized carbons (Fsp3) is 0.769. The molecule has 1 N–H and O–H groups in total. The van der Waals surface area contributed by atoms with Crippen LogP contribution in [0.5, 0.6) is 0 Å². The van der Waals surface area contributed by atoms with Crippen LogP contribution in [0.1, 0.15) is 38.4 Å². The summed E-state index contributed by atoms with van der Waals surface area (Å²) in [5, 5.41) is 7.87. The highest BCUT2D eigenvalue weighted by Gasteiger charge is 2.36. The third kappa shape index (κ3) is 2.49. The van der Waals surface area contributed by atoms with E-state index in [4.69, 9.17) is 4.74 Å². The lowest BCUT2D eigenvalue weighted by Gasteiger charge is -2.27. The first-order valence-electron chi connectivity index (χ1n) is 6.72. The van der Waals surface area contributed by atoms with Gasteiger partial charge in [0.1, 0.15) is 0 Å². The Morgan fingerprint density at radius 3 is 3.00 bits per heavy atom. The van der Waals surface area contributed by atoms with E-state index in [1.54, 1.807) is 0 Å². The second-order valence-corrected chi connectivity index (χ2v) is 5.58. The molecule has 4 nitrogen and oxygen atoms in total. The van der Waals surface area contributed by atoms with Crippen LogP contribution in [0.25, 0.3) is 0 Å². The average molecular weight is 316 g/mol. The summed E-state index contributed by atoms with van der Waals surface area (Å²) in [6.45, 7) is 6.09. The molecular formula is C13H22BrN3O. The number of nitrogens with zero attached hydrogens (tertiary/aromatic N) is 2. The number of hydrogen-bond donors (Lipinski definition) is 1. The molecule has 1 aromatic rings. The zero-order valence-electron chi connectivity index (χ0n) is 11.3. The molecule has 1 saturated heterocycles. The first kappa shape index (κ1) is 14.0. The third-order valence-electron chi connectivity index (χ3n) is 3.83. The van der Waals surface area contributed by atoms with E-state index in [9.17, 15) is 0 Å². The highest BCUT2D eigenvalue weighted by molar-refractivity contribution is 9.10. The average Bonchev–Trinajstić information content (AvgIpc) is 2.98. The van der Waals surface area contributed by atoms with Gasteiger partial charge in [-0.2, -0.15) is 5.10 Å². The molecule has 102 valence electrons. The molecule has 0 amide bonds. The van der Waals surface area contributed by atoms with Crippen molar-refractivity contribution in [3.05, 3.63) is 16.4 Å². The third-order valence-corrected chi connectivity index (χ3v) is 4.44. The summed E-state index contributed by atoms with van der Waals surface area (Å²) in [5.74, 6) is 0.526. The number of aromatic nitrogens is 2. The second kappa shape index (κ2) is 6.17. The van der Waals surface area contributed by atoms with Crippen molar-refractivity contribution in [3.63, 3.8) is 0 Å². The Kier molecular flexibility index (Phi) is 4.81. The molecule has 1 aliphatic heterocycles. The van der Waals surface area contributed by atoms with E-state index in [0.29, 0.717) is 18.1 Å². The van der Waals surface area contributed by atoms with E-state index in [2.05, 4.69) is 44.9 Å². The highest BCUT2D eigenvalue weighted by atomic mass is 79.9. The minimum atomic E-state index is 0.300. The van der Waals surface area contributed by atoms with Gasteiger partial charge in [0.2, 0.25) is 0 Å². The number of aryl methyl sites for hydroxylation is 1. The SMILES string of the molecule is CCC1OCCC1C(NC)c1c(Br)cnn1CC. The van der Waals surface area contributed by atoms with E-state index >= 15 is 0 Å². The lowest BCUT2D eigenvalue weighted by atomic mass is 9.89. The van der Waals surface area contributed by atoms with Gasteiger partial charge in [0, 0.05) is 19.1 Å². The standard InChI is InChI=1S/C13H22BrN3O/c1-4-11-9(6-7-18-11)12(15-3)13-10(14)8-16-17(13)5-2/h8-9,11-12,15H,4-7H2,1-3H3. The molecule has 1 fully saturated rings. The van der Waals surface area contributed by atoms with Crippen LogP contribution in [0.3, 0.4) is 0 Å². The molecule has 0 saturated carbocycles. The van der Waals surface area contributed by atoms with E-state index in [0.717, 1.165) is 30.5 Å². The Bertz CT molecular complexity index is 394. The largest absolute Gasteiger partial charge is 0.378 e. The number of halogens is 1. The van der Waals surface area contributed by atoms with Crippen molar-refractivity contribution in [2.45, 2.75) is 45.4 Å². The van der Waals surface area contributed by atoms with Crippen molar-refractivity contribution in [2.24, 2.45) is 5.92 Å². The van der Waals surface area contributed by atoms with Crippen LogP contribution in [0.15, 0.2) is 10.7 Å². The molecule has 0 spiro atoms. The smallest absolute Gasteiger partial charge is 0.0699 e. The van der Waals surface area contributed by atoms with E-state index in [-0.39, 0.29) is 0 Å². The Morgan fingerprint density at radius 2 is 2.39 bits per heavy atom. The molecule has 18 heavy (non-hydrogen) atoms. The lowest BCUT2D eigenvalue weighted by molar-refractivity contribution is 0.0772. The Labute approximate surface area is 117 Å². The second-order valence-electron chi connectivity index (χ2n) is 4.73. The molecule has 1 aliphatic rings. The first-order valence-corrected chi connectivity index (χ1v) is 7.52. The first-order chi connectivity index (χ1) is 8.72. The van der Waals surface area contributed by atoms with Gasteiger partial charge in [0.15, 0.2) is 0 Å². The topological polar surface area (TPSA) is 39.1 Å². The maximum atomic E-state index is 5.82. The Balaban J connectivity index is 2.29. The maximum absolute atomic E-state index is 5.82. The molecule has 5 heteroatoms. The molecule has 0 aromatic carbocycles. The summed E-state index contributed by atoms with van der Waals surface area (Å²) >= 11 is 3.62. The van der Waals surface area contributed by atoms with Gasteiger partial charge in [-0.1, -0.05) is 6.92 Å². The number of rotatable bonds is 5. The van der Waals surface area contributed by atoms with Crippen molar-refractivity contribution in [1.82, 2.24) is 15.1 Å². The van der Waals surface area contributed by atoms with Crippen molar-refractivity contribution >= 4 is 15.9 Å². The Hall–Kier alpha value is -0.390. The summed E-state index contributed by atoms with van der Waals surface area (Å²) in [6, 6.07) is 0.300. The molecule has 0 radical (unpaired) electrons. The predicted molar refractivity (Wildman–Crippen MR) is 75.5 cm³/mol. The highest BCUT2D eigenvalue weighted by Crippen LogP contribution is 2.37. The van der Waals surface area contributed by atoms with Crippen LogP contribution in [-0.2, 0) is 11.3 Å². The van der Waals surface area contributed by atoms with E-state index in [1.807, 2.05) is 13.2 Å². The molecule has 0 aliphatic carbocycles. The van der Waals surface area contributed by atoms with Crippen molar-refractivity contribution in [2.75, 3.05) is 13.7 Å². The summed E-state index contributed by atoms with van der Waals surface area (Å²) in [7, 11) is 2.02. The molecule has 2 rings (SSSR count). The van der Waals surface area contributed by atoms with Gasteiger partial charge in [0.05, 0.1) is 28.5 Å². The van der Waals surface area contributed by atoms with Gasteiger partial charge in [-0.15, -0.1) is 0 Å². The molecule has 1 aromatic heterocycles. The minimum absolute atomic E-state index is 0.300. The van der Waals surface area contributed by atoms with Crippen LogP contribution in [0.2, 0.25) is 0 Å². The zero-order chi connectivity index (χ0) is 13.1. The van der Waals surface area contributed by atoms with Gasteiger partial charge in [-0.3, -0.25) is 4.68 Å². The fourth-order valence-electron chi connectivity index (χ4n) is 2.95. The van der Waals surface area contributed by atoms with Crippen LogP contribution in [-0.4, -0.2) is 29.5 Å². The van der Waals surface area contributed by atoms with Crippen LogP contribution >= 0.6 is 15.9 Å². The fourth-order valence-corrected chi connectivity index (χ4v) is 3.50. The summed E-state index contributed by atoms with van der Waals surface area (Å²) in [6.07, 6.45) is 4.43. The summed E-state index contributed by atoms with van der Waals surface area (Å²) in [4.78, 5) is 0. The number of hydrogen-bond acceptors (Lipinski definition) is 3. The van der Waals surface area contributed by atoms with Crippen molar-refractivity contribution < 1.29 is 4.74 Å². The van der Waals surface area contributed by atoms with Gasteiger partial charge in [-0.05, 0) is 42.7 Å². The van der Waals surface area contributed by atoms with Crippen LogP contribution in [0.4, 0.5) is 0 Å². The molecule has 3 atom stereocenters. The summed E-state index contributed by atoms with van der Waals surface area (Å²) in [5.41, 5.74) is 1.24. The monoisotopic (exact) mass is 315 g/mol. The molecular weight excluding hydrogens is 294 g/mol. The lowest BCUT2D eigenvalue weighted by Crippen LogP contribution is -2.32. The van der Waals surface area contributed by atoms with Gasteiger partial charge in [0.25, 0.3) is 0 Å². The Morgan fingerprint density at radius 1 is 1.61 bits per heavy atom. The maximum Gasteiger partial charge on any atom is 0.0699 e. The quantitative estimate of drug-likeness (QED) is 0.908. The zero-order valence-corrected chi connectivity index (χ0v) is 12.9. The van der Waals surface area contributed by atoms with Gasteiger partial charge < -0.3 is 10.1 Å². The summed E-state index contributed by atoms with van der Waals surface area (Å²) < 4.78 is 8.98. The van der Waals surface area contributed by atoms with E-state index in [1.165, 1.54) is 5.69 Å².